The molecule has 2 aromatic heterocycles. The van der Waals surface area contributed by atoms with Crippen LogP contribution < -0.4 is 10.6 Å². The van der Waals surface area contributed by atoms with Crippen LogP contribution in [0, 0.1) is 20.8 Å². The van der Waals surface area contributed by atoms with Gasteiger partial charge in [-0.25, -0.2) is 4.79 Å². The molecule has 7 nitrogen and oxygen atoms in total. The van der Waals surface area contributed by atoms with E-state index in [-0.39, 0.29) is 6.54 Å². The Kier molecular flexibility index (Phi) is 4.79. The highest BCUT2D eigenvalue weighted by Crippen LogP contribution is 2.26. The normalized spacial score (nSPS) is 13.7. The quantitative estimate of drug-likeness (QED) is 0.786. The first-order valence-electron chi connectivity index (χ1n) is 7.54. The molecule has 7 heteroatoms. The average molecular weight is 321 g/mol. The van der Waals surface area contributed by atoms with Crippen LogP contribution in [0.4, 0.5) is 10.5 Å². The Hall–Kier alpha value is -2.28. The fourth-order valence-electron chi connectivity index (χ4n) is 2.49. The van der Waals surface area contributed by atoms with Crippen molar-refractivity contribution in [3.05, 3.63) is 34.6 Å². The van der Waals surface area contributed by atoms with Crippen LogP contribution in [0.5, 0.6) is 0 Å². The minimum atomic E-state index is -1.23. The van der Waals surface area contributed by atoms with Gasteiger partial charge in [0.05, 0.1) is 6.54 Å². The number of carbonyl (C=O) groups is 1. The number of carbonyl (C=O) groups excluding carboxylic acids is 1. The van der Waals surface area contributed by atoms with Crippen molar-refractivity contribution in [2.24, 2.45) is 0 Å². The van der Waals surface area contributed by atoms with E-state index in [4.69, 9.17) is 8.94 Å². The maximum absolute atomic E-state index is 12.1. The summed E-state index contributed by atoms with van der Waals surface area (Å²) in [6, 6.07) is 1.35. The van der Waals surface area contributed by atoms with Crippen LogP contribution in [-0.4, -0.2) is 22.8 Å². The summed E-state index contributed by atoms with van der Waals surface area (Å²) in [5.74, 6) is 1.90. The Bertz CT molecular complexity index is 700. The molecular formula is C16H23N3O4. The van der Waals surface area contributed by atoms with E-state index in [0.717, 1.165) is 5.76 Å². The fraction of sp³-hybridized carbons (Fsp3) is 0.500. The SMILES string of the molecule is CCc1noc(C)c1NC(=O)NCC(C)(O)c1cc(C)oc1C. The number of rotatable bonds is 5. The Labute approximate surface area is 135 Å². The van der Waals surface area contributed by atoms with Gasteiger partial charge < -0.3 is 24.7 Å². The van der Waals surface area contributed by atoms with E-state index < -0.39 is 11.6 Å². The Morgan fingerprint density at radius 3 is 2.61 bits per heavy atom. The third-order valence-electron chi connectivity index (χ3n) is 3.72. The maximum atomic E-state index is 12.1. The van der Waals surface area contributed by atoms with E-state index in [9.17, 15) is 9.90 Å². The molecule has 0 saturated carbocycles. The molecule has 2 rings (SSSR count). The van der Waals surface area contributed by atoms with Crippen LogP contribution >= 0.6 is 0 Å². The molecule has 2 aromatic rings. The van der Waals surface area contributed by atoms with E-state index in [1.165, 1.54) is 0 Å². The highest BCUT2D eigenvalue weighted by Gasteiger charge is 2.28. The summed E-state index contributed by atoms with van der Waals surface area (Å²) >= 11 is 0. The standard InChI is InChI=1S/C16H23N3O4/c1-6-13-14(11(4)23-19-13)18-15(20)17-8-16(5,21)12-7-9(2)22-10(12)3/h7,21H,6,8H2,1-5H3,(H2,17,18,20). The van der Waals surface area contributed by atoms with Crippen molar-refractivity contribution in [2.45, 2.75) is 46.6 Å². The van der Waals surface area contributed by atoms with Crippen molar-refractivity contribution < 1.29 is 18.8 Å². The zero-order valence-corrected chi connectivity index (χ0v) is 14.1. The average Bonchev–Trinajstić information content (AvgIpc) is 3.00. The number of nitrogens with one attached hydrogen (secondary N) is 2. The lowest BCUT2D eigenvalue weighted by Gasteiger charge is -2.23. The van der Waals surface area contributed by atoms with Crippen LogP contribution in [0.25, 0.3) is 0 Å². The molecule has 0 spiro atoms. The number of aromatic nitrogens is 1. The fourth-order valence-corrected chi connectivity index (χ4v) is 2.49. The number of hydrogen-bond acceptors (Lipinski definition) is 5. The minimum absolute atomic E-state index is 0.0461. The van der Waals surface area contributed by atoms with Crippen molar-refractivity contribution in [2.75, 3.05) is 11.9 Å². The second-order valence-electron chi connectivity index (χ2n) is 5.82. The second kappa shape index (κ2) is 6.45. The summed E-state index contributed by atoms with van der Waals surface area (Å²) in [5, 5.41) is 19.8. The Morgan fingerprint density at radius 2 is 2.04 bits per heavy atom. The summed E-state index contributed by atoms with van der Waals surface area (Å²) in [5.41, 5.74) is 0.688. The monoisotopic (exact) mass is 321 g/mol. The topological polar surface area (TPSA) is 101 Å². The summed E-state index contributed by atoms with van der Waals surface area (Å²) in [4.78, 5) is 12.1. The molecule has 23 heavy (non-hydrogen) atoms. The van der Waals surface area contributed by atoms with Crippen molar-refractivity contribution in [3.63, 3.8) is 0 Å². The van der Waals surface area contributed by atoms with Gasteiger partial charge >= 0.3 is 6.03 Å². The predicted octanol–water partition coefficient (Wildman–Crippen LogP) is 2.78. The Morgan fingerprint density at radius 1 is 1.35 bits per heavy atom. The van der Waals surface area contributed by atoms with Crippen molar-refractivity contribution in [1.82, 2.24) is 10.5 Å². The summed E-state index contributed by atoms with van der Waals surface area (Å²) in [6.07, 6.45) is 0.651. The zero-order valence-electron chi connectivity index (χ0n) is 14.1. The molecule has 126 valence electrons. The van der Waals surface area contributed by atoms with Crippen LogP contribution in [0.3, 0.4) is 0 Å². The smallest absolute Gasteiger partial charge is 0.319 e. The number of hydrogen-bond donors (Lipinski definition) is 3. The van der Waals surface area contributed by atoms with Gasteiger partial charge in [-0.2, -0.15) is 0 Å². The summed E-state index contributed by atoms with van der Waals surface area (Å²) in [6.45, 7) is 8.93. The first-order valence-corrected chi connectivity index (χ1v) is 7.54. The number of nitrogens with zero attached hydrogens (tertiary/aromatic N) is 1. The molecule has 3 N–H and O–H groups in total. The van der Waals surface area contributed by atoms with Crippen LogP contribution in [0.15, 0.2) is 15.0 Å². The van der Waals surface area contributed by atoms with Crippen molar-refractivity contribution in [1.29, 1.82) is 0 Å². The van der Waals surface area contributed by atoms with Gasteiger partial charge in [0.2, 0.25) is 0 Å². The molecule has 1 unspecified atom stereocenters. The first kappa shape index (κ1) is 17.1. The molecule has 0 aromatic carbocycles. The maximum Gasteiger partial charge on any atom is 0.319 e. The van der Waals surface area contributed by atoms with Gasteiger partial charge in [-0.15, -0.1) is 0 Å². The molecule has 1 atom stereocenters. The molecular weight excluding hydrogens is 298 g/mol. The minimum Gasteiger partial charge on any atom is -0.466 e. The molecule has 0 fully saturated rings. The molecule has 0 aliphatic carbocycles. The molecule has 0 bridgehead atoms. The summed E-state index contributed by atoms with van der Waals surface area (Å²) in [7, 11) is 0. The van der Waals surface area contributed by atoms with Gasteiger partial charge in [0.1, 0.15) is 28.5 Å². The van der Waals surface area contributed by atoms with Crippen LogP contribution in [0.2, 0.25) is 0 Å². The van der Waals surface area contributed by atoms with Gasteiger partial charge in [0.25, 0.3) is 0 Å². The molecule has 0 saturated heterocycles. The van der Waals surface area contributed by atoms with Gasteiger partial charge in [0.15, 0.2) is 5.76 Å². The van der Waals surface area contributed by atoms with Gasteiger partial charge in [-0.05, 0) is 40.2 Å². The molecule has 0 aliphatic rings. The zero-order chi connectivity index (χ0) is 17.2. The number of aryl methyl sites for hydroxylation is 4. The number of furan rings is 1. The third-order valence-corrected chi connectivity index (χ3v) is 3.72. The number of urea groups is 1. The number of aliphatic hydroxyl groups is 1. The van der Waals surface area contributed by atoms with Gasteiger partial charge in [-0.1, -0.05) is 12.1 Å². The predicted molar refractivity (Wildman–Crippen MR) is 85.4 cm³/mol. The van der Waals surface area contributed by atoms with E-state index >= 15 is 0 Å². The highest BCUT2D eigenvalue weighted by atomic mass is 16.5. The lowest BCUT2D eigenvalue weighted by molar-refractivity contribution is 0.0584. The molecule has 2 amide bonds. The second-order valence-corrected chi connectivity index (χ2v) is 5.82. The van der Waals surface area contributed by atoms with E-state index in [2.05, 4.69) is 15.8 Å². The highest BCUT2D eigenvalue weighted by molar-refractivity contribution is 5.90. The van der Waals surface area contributed by atoms with Gasteiger partial charge in [-0.3, -0.25) is 0 Å². The first-order chi connectivity index (χ1) is 10.7. The van der Waals surface area contributed by atoms with Gasteiger partial charge in [0, 0.05) is 5.56 Å². The number of amides is 2. The van der Waals surface area contributed by atoms with E-state index in [1.54, 1.807) is 26.8 Å². The van der Waals surface area contributed by atoms with Crippen LogP contribution in [-0.2, 0) is 12.0 Å². The van der Waals surface area contributed by atoms with Crippen molar-refractivity contribution in [3.8, 4) is 0 Å². The lowest BCUT2D eigenvalue weighted by Crippen LogP contribution is -2.40. The molecule has 0 radical (unpaired) electrons. The van der Waals surface area contributed by atoms with E-state index in [0.29, 0.717) is 34.9 Å². The van der Waals surface area contributed by atoms with Crippen LogP contribution in [0.1, 0.15) is 42.4 Å². The summed E-state index contributed by atoms with van der Waals surface area (Å²) < 4.78 is 10.5. The van der Waals surface area contributed by atoms with E-state index in [1.807, 2.05) is 13.8 Å². The Balaban J connectivity index is 2.01. The van der Waals surface area contributed by atoms with Crippen molar-refractivity contribution >= 4 is 11.7 Å². The largest absolute Gasteiger partial charge is 0.466 e. The molecule has 0 aliphatic heterocycles. The molecule has 2 heterocycles. The number of anilines is 1. The third kappa shape index (κ3) is 3.73. The lowest BCUT2D eigenvalue weighted by atomic mass is 9.96.